The van der Waals surface area contributed by atoms with Crippen LogP contribution in [0.5, 0.6) is 0 Å². The Balaban J connectivity index is 1.82. The third-order valence-corrected chi connectivity index (χ3v) is 4.35. The van der Waals surface area contributed by atoms with Gasteiger partial charge >= 0.3 is 18.2 Å². The molecule has 1 heterocycles. The van der Waals surface area contributed by atoms with E-state index < -0.39 is 37.2 Å². The van der Waals surface area contributed by atoms with Crippen LogP contribution in [0.25, 0.3) is 11.4 Å². The summed E-state index contributed by atoms with van der Waals surface area (Å²) < 4.78 is 80.9. The summed E-state index contributed by atoms with van der Waals surface area (Å²) in [5.74, 6) is -2.77. The zero-order valence-corrected chi connectivity index (χ0v) is 16.1. The third-order valence-electron chi connectivity index (χ3n) is 4.02. The van der Waals surface area contributed by atoms with Crippen molar-refractivity contribution in [1.82, 2.24) is 15.0 Å². The van der Waals surface area contributed by atoms with Crippen molar-refractivity contribution in [1.29, 1.82) is 0 Å². The van der Waals surface area contributed by atoms with Crippen LogP contribution in [0.3, 0.4) is 0 Å². The number of rotatable bonds is 5. The molecule has 0 aliphatic heterocycles. The van der Waals surface area contributed by atoms with Gasteiger partial charge in [0.2, 0.25) is 5.82 Å². The molecule has 0 atom stereocenters. The van der Waals surface area contributed by atoms with Gasteiger partial charge in [0.15, 0.2) is 0 Å². The fourth-order valence-electron chi connectivity index (χ4n) is 2.66. The zero-order valence-electron chi connectivity index (χ0n) is 15.3. The van der Waals surface area contributed by atoms with Crippen molar-refractivity contribution in [2.24, 2.45) is 0 Å². The average Bonchev–Trinajstić information content (AvgIpc) is 3.18. The van der Waals surface area contributed by atoms with E-state index in [-0.39, 0.29) is 22.0 Å². The Morgan fingerprint density at radius 2 is 1.65 bits per heavy atom. The first-order valence-corrected chi connectivity index (χ1v) is 8.92. The van der Waals surface area contributed by atoms with Gasteiger partial charge in [0, 0.05) is 12.1 Å². The fraction of sp³-hybridized carbons (Fsp3) is 0.211. The predicted octanol–water partition coefficient (Wildman–Crippen LogP) is 5.61. The highest BCUT2D eigenvalue weighted by atomic mass is 35.5. The lowest BCUT2D eigenvalue weighted by atomic mass is 10.1. The van der Waals surface area contributed by atoms with Gasteiger partial charge in [-0.3, -0.25) is 4.79 Å². The lowest BCUT2D eigenvalue weighted by molar-refractivity contribution is -0.159. The van der Waals surface area contributed by atoms with Gasteiger partial charge < -0.3 is 9.42 Å². The topological polar surface area (TPSA) is 59.2 Å². The molecule has 0 N–H and O–H groups in total. The standard InChI is InChI=1S/C19H12ClF6N3O2/c20-14-4-2-1-3-13(14)16(30)29(10-18(21,22)23)9-11-5-7-12(8-6-11)15-27-17(31-28-15)19(24,25)26/h1-8H,9-10H2. The molecular weight excluding hydrogens is 452 g/mol. The maximum absolute atomic E-state index is 13.0. The van der Waals surface area contributed by atoms with Crippen molar-refractivity contribution < 1.29 is 35.7 Å². The van der Waals surface area contributed by atoms with E-state index in [9.17, 15) is 31.1 Å². The van der Waals surface area contributed by atoms with Gasteiger partial charge in [-0.05, 0) is 17.7 Å². The fourth-order valence-corrected chi connectivity index (χ4v) is 2.87. The van der Waals surface area contributed by atoms with Crippen molar-refractivity contribution in [3.05, 3.63) is 70.6 Å². The highest BCUT2D eigenvalue weighted by Gasteiger charge is 2.38. The molecule has 12 heteroatoms. The summed E-state index contributed by atoms with van der Waals surface area (Å²) in [6.07, 6.45) is -9.46. The highest BCUT2D eigenvalue weighted by molar-refractivity contribution is 6.33. The monoisotopic (exact) mass is 463 g/mol. The molecule has 0 fully saturated rings. The van der Waals surface area contributed by atoms with Gasteiger partial charge in [0.25, 0.3) is 5.91 Å². The molecule has 0 spiro atoms. The molecule has 2 aromatic carbocycles. The van der Waals surface area contributed by atoms with Crippen molar-refractivity contribution >= 4 is 17.5 Å². The van der Waals surface area contributed by atoms with Crippen LogP contribution in [0.1, 0.15) is 21.8 Å². The summed E-state index contributed by atoms with van der Waals surface area (Å²) >= 11 is 5.93. The predicted molar refractivity (Wildman–Crippen MR) is 97.0 cm³/mol. The highest BCUT2D eigenvalue weighted by Crippen LogP contribution is 2.29. The Bertz CT molecular complexity index is 1060. The van der Waals surface area contributed by atoms with Gasteiger partial charge in [-0.2, -0.15) is 31.3 Å². The van der Waals surface area contributed by atoms with Gasteiger partial charge in [0.05, 0.1) is 10.6 Å². The summed E-state index contributed by atoms with van der Waals surface area (Å²) in [6, 6.07) is 11.0. The first kappa shape index (κ1) is 22.6. The molecule has 5 nitrogen and oxygen atoms in total. The van der Waals surface area contributed by atoms with Crippen molar-refractivity contribution in [2.45, 2.75) is 18.9 Å². The molecule has 3 rings (SSSR count). The van der Waals surface area contributed by atoms with Gasteiger partial charge in [-0.25, -0.2) is 0 Å². The molecule has 0 aliphatic rings. The molecule has 3 aromatic rings. The number of benzene rings is 2. The molecule has 0 bridgehead atoms. The summed E-state index contributed by atoms with van der Waals surface area (Å²) in [5.41, 5.74) is 0.368. The van der Waals surface area contributed by atoms with E-state index in [1.165, 1.54) is 48.5 Å². The molecule has 31 heavy (non-hydrogen) atoms. The first-order chi connectivity index (χ1) is 14.4. The SMILES string of the molecule is O=C(c1ccccc1Cl)N(Cc1ccc(-c2noc(C(F)(F)F)n2)cc1)CC(F)(F)F. The lowest BCUT2D eigenvalue weighted by Gasteiger charge is -2.24. The molecule has 0 saturated carbocycles. The normalized spacial score (nSPS) is 12.1. The number of alkyl halides is 6. The number of hydrogen-bond acceptors (Lipinski definition) is 4. The molecule has 1 aromatic heterocycles. The lowest BCUT2D eigenvalue weighted by Crippen LogP contribution is -2.38. The van der Waals surface area contributed by atoms with Crippen LogP contribution in [-0.2, 0) is 12.7 Å². The largest absolute Gasteiger partial charge is 0.471 e. The number of hydrogen-bond donors (Lipinski definition) is 0. The van der Waals surface area contributed by atoms with Gasteiger partial charge in [-0.1, -0.05) is 53.2 Å². The van der Waals surface area contributed by atoms with E-state index in [0.29, 0.717) is 10.5 Å². The second-order valence-corrected chi connectivity index (χ2v) is 6.78. The number of nitrogens with zero attached hydrogens (tertiary/aromatic N) is 3. The van der Waals surface area contributed by atoms with Crippen LogP contribution in [0, 0.1) is 0 Å². The minimum atomic E-state index is -4.80. The van der Waals surface area contributed by atoms with Crippen LogP contribution < -0.4 is 0 Å². The number of halogens is 7. The van der Waals surface area contributed by atoms with Crippen LogP contribution in [0.2, 0.25) is 5.02 Å². The third kappa shape index (κ3) is 5.75. The Morgan fingerprint density at radius 3 is 2.19 bits per heavy atom. The zero-order chi connectivity index (χ0) is 22.8. The minimum Gasteiger partial charge on any atom is -0.329 e. The maximum atomic E-state index is 13.0. The first-order valence-electron chi connectivity index (χ1n) is 8.55. The summed E-state index contributed by atoms with van der Waals surface area (Å²) in [4.78, 5) is 16.4. The van der Waals surface area contributed by atoms with E-state index in [1.807, 2.05) is 0 Å². The van der Waals surface area contributed by atoms with Crippen molar-refractivity contribution in [3.63, 3.8) is 0 Å². The Kier molecular flexibility index (Phi) is 6.25. The smallest absolute Gasteiger partial charge is 0.329 e. The van der Waals surface area contributed by atoms with E-state index in [1.54, 1.807) is 0 Å². The van der Waals surface area contributed by atoms with Crippen molar-refractivity contribution in [2.75, 3.05) is 6.54 Å². The Morgan fingerprint density at radius 1 is 1.00 bits per heavy atom. The van der Waals surface area contributed by atoms with Gasteiger partial charge in [0.1, 0.15) is 6.54 Å². The summed E-state index contributed by atoms with van der Waals surface area (Å²) in [5, 5.41) is 3.24. The Hall–Kier alpha value is -3.08. The number of carbonyl (C=O) groups is 1. The van der Waals surface area contributed by atoms with Crippen LogP contribution in [-0.4, -0.2) is 33.7 Å². The molecule has 0 aliphatic carbocycles. The number of amides is 1. The van der Waals surface area contributed by atoms with Gasteiger partial charge in [-0.15, -0.1) is 0 Å². The molecule has 1 amide bonds. The van der Waals surface area contributed by atoms with Crippen LogP contribution in [0.15, 0.2) is 53.1 Å². The van der Waals surface area contributed by atoms with E-state index >= 15 is 0 Å². The second-order valence-electron chi connectivity index (χ2n) is 6.37. The molecule has 164 valence electrons. The minimum absolute atomic E-state index is 0.00704. The van der Waals surface area contributed by atoms with E-state index in [2.05, 4.69) is 14.7 Å². The van der Waals surface area contributed by atoms with E-state index in [4.69, 9.17) is 11.6 Å². The average molecular weight is 464 g/mol. The quantitative estimate of drug-likeness (QED) is 0.461. The second kappa shape index (κ2) is 8.58. The number of carbonyl (C=O) groups excluding carboxylic acids is 1. The van der Waals surface area contributed by atoms with E-state index in [0.717, 1.165) is 0 Å². The summed E-state index contributed by atoms with van der Waals surface area (Å²) in [7, 11) is 0. The molecular formula is C19H12ClF6N3O2. The summed E-state index contributed by atoms with van der Waals surface area (Å²) in [6.45, 7) is -1.93. The van der Waals surface area contributed by atoms with Crippen LogP contribution in [0.4, 0.5) is 26.3 Å². The molecule has 0 saturated heterocycles. The molecule has 0 radical (unpaired) electrons. The maximum Gasteiger partial charge on any atom is 0.471 e. The van der Waals surface area contributed by atoms with Crippen molar-refractivity contribution in [3.8, 4) is 11.4 Å². The van der Waals surface area contributed by atoms with Crippen LogP contribution >= 0.6 is 11.6 Å². The molecule has 0 unspecified atom stereocenters. The Labute approximate surface area is 176 Å². The number of aromatic nitrogens is 2.